The van der Waals surface area contributed by atoms with Crippen LogP contribution in [-0.2, 0) is 15.9 Å². The monoisotopic (exact) mass is 224 g/mol. The van der Waals surface area contributed by atoms with Crippen molar-refractivity contribution in [2.45, 2.75) is 33.5 Å². The molecule has 0 fully saturated rings. The molecule has 0 aliphatic carbocycles. The average molecular weight is 224 g/mol. The summed E-state index contributed by atoms with van der Waals surface area (Å²) in [5.74, 6) is 0.370. The highest BCUT2D eigenvalue weighted by Crippen LogP contribution is 2.23. The molecule has 3 heteroatoms. The van der Waals surface area contributed by atoms with Gasteiger partial charge >= 0.3 is 0 Å². The number of hydrogen-bond acceptors (Lipinski definition) is 3. The van der Waals surface area contributed by atoms with Gasteiger partial charge in [-0.3, -0.25) is 0 Å². The molecule has 1 aromatic rings. The molecule has 0 aromatic heterocycles. The Labute approximate surface area is 97.0 Å². The second-order valence-corrected chi connectivity index (χ2v) is 3.90. The van der Waals surface area contributed by atoms with E-state index in [1.165, 1.54) is 0 Å². The van der Waals surface area contributed by atoms with Gasteiger partial charge in [0.15, 0.2) is 6.29 Å². The molecule has 0 saturated heterocycles. The minimum absolute atomic E-state index is 0.214. The first-order chi connectivity index (χ1) is 7.58. The SMILES string of the molecule is CCOC(Cc1cc(C)c(O)c(C)c1)OC. The van der Waals surface area contributed by atoms with Crippen LogP contribution < -0.4 is 0 Å². The molecule has 0 amide bonds. The summed E-state index contributed by atoms with van der Waals surface area (Å²) in [6.45, 7) is 6.37. The molecule has 1 unspecified atom stereocenters. The molecule has 0 bridgehead atoms. The van der Waals surface area contributed by atoms with Gasteiger partial charge in [-0.2, -0.15) is 0 Å². The van der Waals surface area contributed by atoms with Gasteiger partial charge < -0.3 is 14.6 Å². The number of phenols is 1. The topological polar surface area (TPSA) is 38.7 Å². The summed E-state index contributed by atoms with van der Waals surface area (Å²) in [4.78, 5) is 0. The van der Waals surface area contributed by atoms with Gasteiger partial charge in [0.1, 0.15) is 5.75 Å². The normalized spacial score (nSPS) is 12.8. The highest BCUT2D eigenvalue weighted by Gasteiger charge is 2.10. The van der Waals surface area contributed by atoms with E-state index in [-0.39, 0.29) is 6.29 Å². The fourth-order valence-electron chi connectivity index (χ4n) is 1.75. The maximum absolute atomic E-state index is 9.66. The van der Waals surface area contributed by atoms with Gasteiger partial charge in [-0.25, -0.2) is 0 Å². The molecule has 1 rings (SSSR count). The van der Waals surface area contributed by atoms with E-state index >= 15 is 0 Å². The lowest BCUT2D eigenvalue weighted by molar-refractivity contribution is -0.118. The van der Waals surface area contributed by atoms with Crippen LogP contribution in [0, 0.1) is 13.8 Å². The number of phenolic OH excluding ortho intramolecular Hbond substituents is 1. The lowest BCUT2D eigenvalue weighted by atomic mass is 10.0. The smallest absolute Gasteiger partial charge is 0.161 e. The van der Waals surface area contributed by atoms with Crippen molar-refractivity contribution >= 4 is 0 Å². The Balaban J connectivity index is 2.80. The minimum atomic E-state index is -0.214. The standard InChI is InChI=1S/C13H20O3/c1-5-16-12(15-4)8-11-6-9(2)13(14)10(3)7-11/h6-7,12,14H,5,8H2,1-4H3. The first-order valence-corrected chi connectivity index (χ1v) is 5.52. The number of benzene rings is 1. The summed E-state index contributed by atoms with van der Waals surface area (Å²) < 4.78 is 10.6. The van der Waals surface area contributed by atoms with E-state index in [0.29, 0.717) is 18.8 Å². The van der Waals surface area contributed by atoms with E-state index in [0.717, 1.165) is 16.7 Å². The van der Waals surface area contributed by atoms with Crippen LogP contribution in [-0.4, -0.2) is 25.1 Å². The third-order valence-corrected chi connectivity index (χ3v) is 2.57. The van der Waals surface area contributed by atoms with Crippen molar-refractivity contribution in [3.05, 3.63) is 28.8 Å². The van der Waals surface area contributed by atoms with Gasteiger partial charge in [0, 0.05) is 20.1 Å². The predicted molar refractivity (Wildman–Crippen MR) is 63.7 cm³/mol. The highest BCUT2D eigenvalue weighted by molar-refractivity contribution is 5.42. The summed E-state index contributed by atoms with van der Waals surface area (Å²) in [7, 11) is 1.64. The van der Waals surface area contributed by atoms with E-state index in [4.69, 9.17) is 9.47 Å². The van der Waals surface area contributed by atoms with Crippen molar-refractivity contribution in [2.24, 2.45) is 0 Å². The summed E-state index contributed by atoms with van der Waals surface area (Å²) in [5.41, 5.74) is 2.90. The molecule has 3 nitrogen and oxygen atoms in total. The molecule has 0 spiro atoms. The maximum Gasteiger partial charge on any atom is 0.161 e. The van der Waals surface area contributed by atoms with E-state index in [9.17, 15) is 5.11 Å². The quantitative estimate of drug-likeness (QED) is 0.781. The van der Waals surface area contributed by atoms with Gasteiger partial charge in [-0.05, 0) is 37.5 Å². The Morgan fingerprint density at radius 1 is 1.25 bits per heavy atom. The highest BCUT2D eigenvalue weighted by atomic mass is 16.7. The van der Waals surface area contributed by atoms with Crippen LogP contribution in [0.5, 0.6) is 5.75 Å². The third kappa shape index (κ3) is 3.22. The second-order valence-electron chi connectivity index (χ2n) is 3.90. The molecule has 0 saturated carbocycles. The van der Waals surface area contributed by atoms with E-state index in [1.807, 2.05) is 32.9 Å². The van der Waals surface area contributed by atoms with Crippen molar-refractivity contribution < 1.29 is 14.6 Å². The molecule has 1 aromatic carbocycles. The predicted octanol–water partition coefficient (Wildman–Crippen LogP) is 2.56. The van der Waals surface area contributed by atoms with E-state index in [1.54, 1.807) is 7.11 Å². The molecule has 0 aliphatic rings. The number of rotatable bonds is 5. The fourth-order valence-corrected chi connectivity index (χ4v) is 1.75. The molecule has 0 heterocycles. The number of aromatic hydroxyl groups is 1. The summed E-state index contributed by atoms with van der Waals surface area (Å²) >= 11 is 0. The van der Waals surface area contributed by atoms with Crippen molar-refractivity contribution in [1.29, 1.82) is 0 Å². The lowest BCUT2D eigenvalue weighted by Gasteiger charge is -2.16. The second kappa shape index (κ2) is 5.87. The Hall–Kier alpha value is -1.06. The number of hydrogen-bond donors (Lipinski definition) is 1. The molecule has 1 atom stereocenters. The van der Waals surface area contributed by atoms with Crippen LogP contribution in [0.3, 0.4) is 0 Å². The van der Waals surface area contributed by atoms with E-state index < -0.39 is 0 Å². The van der Waals surface area contributed by atoms with Gasteiger partial charge in [0.25, 0.3) is 0 Å². The van der Waals surface area contributed by atoms with Gasteiger partial charge in [-0.15, -0.1) is 0 Å². The Bertz CT molecular complexity index is 324. The largest absolute Gasteiger partial charge is 0.507 e. The maximum atomic E-state index is 9.66. The summed E-state index contributed by atoms with van der Waals surface area (Å²) in [6.07, 6.45) is 0.486. The first kappa shape index (κ1) is 13.0. The van der Waals surface area contributed by atoms with Crippen LogP contribution in [0.25, 0.3) is 0 Å². The number of aryl methyl sites for hydroxylation is 2. The zero-order valence-electron chi connectivity index (χ0n) is 10.4. The van der Waals surface area contributed by atoms with Gasteiger partial charge in [-0.1, -0.05) is 12.1 Å². The molecule has 90 valence electrons. The zero-order valence-corrected chi connectivity index (χ0v) is 10.4. The minimum Gasteiger partial charge on any atom is -0.507 e. The molecule has 1 N–H and O–H groups in total. The summed E-state index contributed by atoms with van der Waals surface area (Å²) in [5, 5.41) is 9.66. The zero-order chi connectivity index (χ0) is 12.1. The first-order valence-electron chi connectivity index (χ1n) is 5.52. The van der Waals surface area contributed by atoms with Crippen LogP contribution in [0.2, 0.25) is 0 Å². The average Bonchev–Trinajstić information content (AvgIpc) is 2.25. The third-order valence-electron chi connectivity index (χ3n) is 2.57. The molecule has 0 radical (unpaired) electrons. The van der Waals surface area contributed by atoms with Crippen molar-refractivity contribution in [1.82, 2.24) is 0 Å². The summed E-state index contributed by atoms with van der Waals surface area (Å²) in [6, 6.07) is 3.93. The Kier molecular flexibility index (Phi) is 4.77. The molecular weight excluding hydrogens is 204 g/mol. The van der Waals surface area contributed by atoms with E-state index in [2.05, 4.69) is 0 Å². The fraction of sp³-hybridized carbons (Fsp3) is 0.538. The van der Waals surface area contributed by atoms with Gasteiger partial charge in [0.2, 0.25) is 0 Å². The van der Waals surface area contributed by atoms with Gasteiger partial charge in [0.05, 0.1) is 0 Å². The Morgan fingerprint density at radius 2 is 1.81 bits per heavy atom. The van der Waals surface area contributed by atoms with Crippen LogP contribution >= 0.6 is 0 Å². The van der Waals surface area contributed by atoms with Crippen LogP contribution in [0.1, 0.15) is 23.6 Å². The molecule has 0 aliphatic heterocycles. The Morgan fingerprint density at radius 3 is 2.25 bits per heavy atom. The van der Waals surface area contributed by atoms with Crippen molar-refractivity contribution in [2.75, 3.05) is 13.7 Å². The van der Waals surface area contributed by atoms with Crippen molar-refractivity contribution in [3.63, 3.8) is 0 Å². The molecular formula is C13H20O3. The number of methoxy groups -OCH3 is 1. The lowest BCUT2D eigenvalue weighted by Crippen LogP contribution is -2.18. The van der Waals surface area contributed by atoms with Crippen molar-refractivity contribution in [3.8, 4) is 5.75 Å². The van der Waals surface area contributed by atoms with Crippen LogP contribution in [0.4, 0.5) is 0 Å². The molecule has 16 heavy (non-hydrogen) atoms. The van der Waals surface area contributed by atoms with Crippen LogP contribution in [0.15, 0.2) is 12.1 Å². The number of ether oxygens (including phenoxy) is 2.